The van der Waals surface area contributed by atoms with Crippen molar-refractivity contribution in [2.45, 2.75) is 0 Å². The zero-order chi connectivity index (χ0) is 21.5. The van der Waals surface area contributed by atoms with Crippen LogP contribution in [0.5, 0.6) is 0 Å². The zero-order valence-electron chi connectivity index (χ0n) is 15.7. The standard InChI is InChI=1S/C23H12Cl3N3O2/c24-15-7-8-20-14(9-15)10-21(31-20)22-28-19-4-2-1-3-17(19)23(30)29(22)27-12-13-5-6-16(25)11-18(13)26/h1-12H. The summed E-state index contributed by atoms with van der Waals surface area (Å²) in [5, 5.41) is 7.12. The van der Waals surface area contributed by atoms with Crippen molar-refractivity contribution in [1.82, 2.24) is 9.66 Å². The molecule has 0 amide bonds. The van der Waals surface area contributed by atoms with E-state index in [9.17, 15) is 4.79 Å². The lowest BCUT2D eigenvalue weighted by molar-refractivity contribution is 0.616. The third kappa shape index (κ3) is 3.72. The summed E-state index contributed by atoms with van der Waals surface area (Å²) in [7, 11) is 0. The first kappa shape index (κ1) is 19.8. The normalized spacial score (nSPS) is 11.7. The molecule has 5 rings (SSSR count). The van der Waals surface area contributed by atoms with E-state index in [0.29, 0.717) is 42.9 Å². The smallest absolute Gasteiger partial charge is 0.282 e. The van der Waals surface area contributed by atoms with Crippen molar-refractivity contribution in [3.05, 3.63) is 97.7 Å². The van der Waals surface area contributed by atoms with Crippen LogP contribution in [0.2, 0.25) is 15.1 Å². The Morgan fingerprint density at radius 3 is 2.55 bits per heavy atom. The highest BCUT2D eigenvalue weighted by Crippen LogP contribution is 2.29. The molecule has 0 aliphatic rings. The van der Waals surface area contributed by atoms with Crippen LogP contribution < -0.4 is 5.56 Å². The van der Waals surface area contributed by atoms with Crippen molar-refractivity contribution >= 4 is 62.9 Å². The summed E-state index contributed by atoms with van der Waals surface area (Å²) in [6, 6.07) is 19.1. The minimum absolute atomic E-state index is 0.261. The molecule has 0 aliphatic carbocycles. The van der Waals surface area contributed by atoms with E-state index in [-0.39, 0.29) is 11.4 Å². The Labute approximate surface area is 191 Å². The number of nitrogens with zero attached hydrogens (tertiary/aromatic N) is 3. The highest BCUT2D eigenvalue weighted by Gasteiger charge is 2.16. The van der Waals surface area contributed by atoms with E-state index in [0.717, 1.165) is 5.39 Å². The van der Waals surface area contributed by atoms with Gasteiger partial charge in [-0.3, -0.25) is 4.79 Å². The molecule has 2 aromatic heterocycles. The Hall–Kier alpha value is -3.12. The first-order valence-electron chi connectivity index (χ1n) is 9.20. The van der Waals surface area contributed by atoms with Gasteiger partial charge < -0.3 is 4.42 Å². The maximum absolute atomic E-state index is 13.2. The van der Waals surface area contributed by atoms with E-state index < -0.39 is 0 Å². The molecule has 0 radical (unpaired) electrons. The van der Waals surface area contributed by atoms with E-state index >= 15 is 0 Å². The van der Waals surface area contributed by atoms with Crippen LogP contribution >= 0.6 is 34.8 Å². The van der Waals surface area contributed by atoms with E-state index in [2.05, 4.69) is 10.1 Å². The van der Waals surface area contributed by atoms with Crippen LogP contribution in [0.4, 0.5) is 0 Å². The molecule has 5 nitrogen and oxygen atoms in total. The molecular weight excluding hydrogens is 457 g/mol. The van der Waals surface area contributed by atoms with Gasteiger partial charge in [0.15, 0.2) is 5.76 Å². The zero-order valence-corrected chi connectivity index (χ0v) is 18.0. The molecule has 0 saturated heterocycles. The molecule has 2 heterocycles. The monoisotopic (exact) mass is 467 g/mol. The molecule has 0 fully saturated rings. The number of benzene rings is 3. The van der Waals surface area contributed by atoms with Gasteiger partial charge in [-0.2, -0.15) is 9.78 Å². The number of aromatic nitrogens is 2. The van der Waals surface area contributed by atoms with Crippen molar-refractivity contribution < 1.29 is 4.42 Å². The molecule has 31 heavy (non-hydrogen) atoms. The van der Waals surface area contributed by atoms with E-state index in [4.69, 9.17) is 39.2 Å². The number of hydrogen-bond acceptors (Lipinski definition) is 4. The molecule has 0 atom stereocenters. The lowest BCUT2D eigenvalue weighted by Crippen LogP contribution is -2.20. The summed E-state index contributed by atoms with van der Waals surface area (Å²) >= 11 is 18.3. The summed E-state index contributed by atoms with van der Waals surface area (Å²) < 4.78 is 7.15. The second kappa shape index (κ2) is 7.85. The van der Waals surface area contributed by atoms with Gasteiger partial charge in [0.05, 0.1) is 22.1 Å². The average molecular weight is 469 g/mol. The Kier molecular flexibility index (Phi) is 5.02. The van der Waals surface area contributed by atoms with Crippen molar-refractivity contribution in [2.24, 2.45) is 5.10 Å². The van der Waals surface area contributed by atoms with Gasteiger partial charge in [-0.15, -0.1) is 0 Å². The molecule has 8 heteroatoms. The molecule has 0 saturated carbocycles. The molecule has 5 aromatic rings. The van der Waals surface area contributed by atoms with Crippen LogP contribution in [0, 0.1) is 0 Å². The number of fused-ring (bicyclic) bond motifs is 2. The summed E-state index contributed by atoms with van der Waals surface area (Å²) in [5.41, 5.74) is 1.43. The van der Waals surface area contributed by atoms with Crippen molar-refractivity contribution in [3.8, 4) is 11.6 Å². The summed E-state index contributed by atoms with van der Waals surface area (Å²) in [6.07, 6.45) is 1.49. The predicted octanol–water partition coefficient (Wildman–Crippen LogP) is 6.65. The van der Waals surface area contributed by atoms with Gasteiger partial charge in [0.2, 0.25) is 5.82 Å². The second-order valence-corrected chi connectivity index (χ2v) is 8.05. The minimum atomic E-state index is -0.333. The van der Waals surface area contributed by atoms with Crippen molar-refractivity contribution in [2.75, 3.05) is 0 Å². The van der Waals surface area contributed by atoms with Gasteiger partial charge in [0.1, 0.15) is 5.58 Å². The lowest BCUT2D eigenvalue weighted by atomic mass is 10.2. The van der Waals surface area contributed by atoms with Crippen LogP contribution in [0.25, 0.3) is 33.5 Å². The first-order valence-corrected chi connectivity index (χ1v) is 10.3. The van der Waals surface area contributed by atoms with E-state index in [1.165, 1.54) is 10.9 Å². The lowest BCUT2D eigenvalue weighted by Gasteiger charge is -2.07. The SMILES string of the molecule is O=c1c2ccccc2nc(-c2cc3cc(Cl)ccc3o2)n1N=Cc1ccc(Cl)cc1Cl. The number of rotatable bonds is 3. The number of furan rings is 1. The molecule has 0 aliphatic heterocycles. The third-order valence-electron chi connectivity index (χ3n) is 4.73. The van der Waals surface area contributed by atoms with Gasteiger partial charge >= 0.3 is 0 Å². The number of hydrogen-bond donors (Lipinski definition) is 0. The third-order valence-corrected chi connectivity index (χ3v) is 5.52. The van der Waals surface area contributed by atoms with E-state index in [1.807, 2.05) is 6.07 Å². The predicted molar refractivity (Wildman–Crippen MR) is 126 cm³/mol. The fourth-order valence-electron chi connectivity index (χ4n) is 3.24. The Morgan fingerprint density at radius 1 is 0.935 bits per heavy atom. The van der Waals surface area contributed by atoms with Crippen molar-refractivity contribution in [1.29, 1.82) is 0 Å². The topological polar surface area (TPSA) is 60.4 Å². The summed E-state index contributed by atoms with van der Waals surface area (Å²) in [4.78, 5) is 17.9. The van der Waals surface area contributed by atoms with Gasteiger partial charge in [0, 0.05) is 21.0 Å². The number of para-hydroxylation sites is 1. The van der Waals surface area contributed by atoms with Gasteiger partial charge in [0.25, 0.3) is 5.56 Å². The fraction of sp³-hybridized carbons (Fsp3) is 0. The maximum atomic E-state index is 13.2. The van der Waals surface area contributed by atoms with Gasteiger partial charge in [-0.1, -0.05) is 53.0 Å². The van der Waals surface area contributed by atoms with Gasteiger partial charge in [-0.25, -0.2) is 4.98 Å². The number of halogens is 3. The minimum Gasteiger partial charge on any atom is -0.453 e. The Balaban J connectivity index is 1.74. The molecule has 3 aromatic carbocycles. The molecule has 0 unspecified atom stereocenters. The van der Waals surface area contributed by atoms with Crippen LogP contribution in [0.3, 0.4) is 0 Å². The van der Waals surface area contributed by atoms with Gasteiger partial charge in [-0.05, 0) is 48.5 Å². The highest BCUT2D eigenvalue weighted by atomic mass is 35.5. The Morgan fingerprint density at radius 2 is 1.71 bits per heavy atom. The van der Waals surface area contributed by atoms with Crippen LogP contribution in [-0.2, 0) is 0 Å². The molecule has 0 N–H and O–H groups in total. The second-order valence-electron chi connectivity index (χ2n) is 6.77. The van der Waals surface area contributed by atoms with Crippen LogP contribution in [-0.4, -0.2) is 15.9 Å². The average Bonchev–Trinajstić information content (AvgIpc) is 3.17. The van der Waals surface area contributed by atoms with Crippen LogP contribution in [0.1, 0.15) is 5.56 Å². The first-order chi connectivity index (χ1) is 15.0. The van der Waals surface area contributed by atoms with E-state index in [1.54, 1.807) is 60.7 Å². The summed E-state index contributed by atoms with van der Waals surface area (Å²) in [5.74, 6) is 0.650. The molecule has 0 bridgehead atoms. The molecule has 152 valence electrons. The largest absolute Gasteiger partial charge is 0.453 e. The van der Waals surface area contributed by atoms with Crippen molar-refractivity contribution in [3.63, 3.8) is 0 Å². The highest BCUT2D eigenvalue weighted by molar-refractivity contribution is 6.36. The summed E-state index contributed by atoms with van der Waals surface area (Å²) in [6.45, 7) is 0. The quantitative estimate of drug-likeness (QED) is 0.278. The molecule has 0 spiro atoms. The molecular formula is C23H12Cl3N3O2. The van der Waals surface area contributed by atoms with Crippen LogP contribution in [0.15, 0.2) is 81.0 Å². The fourth-order valence-corrected chi connectivity index (χ4v) is 3.88. The Bertz CT molecular complexity index is 1550. The maximum Gasteiger partial charge on any atom is 0.282 e.